The van der Waals surface area contributed by atoms with Crippen molar-refractivity contribution in [1.82, 2.24) is 4.90 Å². The van der Waals surface area contributed by atoms with E-state index in [1.165, 1.54) is 77.4 Å². The zero-order valence-corrected chi connectivity index (χ0v) is 12.3. The Balaban J connectivity index is 1.78. The van der Waals surface area contributed by atoms with E-state index in [4.69, 9.17) is 5.73 Å². The maximum absolute atomic E-state index is 6.09. The molecule has 0 spiro atoms. The quantitative estimate of drug-likeness (QED) is 0.717. The minimum Gasteiger partial charge on any atom is -0.330 e. The molecule has 0 atom stereocenters. The molecule has 2 heteroatoms. The van der Waals surface area contributed by atoms with E-state index >= 15 is 0 Å². The van der Waals surface area contributed by atoms with E-state index in [-0.39, 0.29) is 0 Å². The van der Waals surface area contributed by atoms with Crippen LogP contribution in [0.5, 0.6) is 0 Å². The number of hydrogen-bond donors (Lipinski definition) is 1. The first kappa shape index (κ1) is 14.3. The topological polar surface area (TPSA) is 29.3 Å². The summed E-state index contributed by atoms with van der Waals surface area (Å²) in [5, 5.41) is 0. The monoisotopic (exact) mass is 252 g/mol. The van der Waals surface area contributed by atoms with Gasteiger partial charge in [-0.05, 0) is 69.5 Å². The molecule has 2 aliphatic rings. The molecule has 0 aromatic heterocycles. The molecule has 106 valence electrons. The third kappa shape index (κ3) is 4.24. The molecule has 0 radical (unpaired) electrons. The summed E-state index contributed by atoms with van der Waals surface area (Å²) < 4.78 is 0. The third-order valence-electron chi connectivity index (χ3n) is 5.06. The van der Waals surface area contributed by atoms with Gasteiger partial charge >= 0.3 is 0 Å². The fourth-order valence-corrected chi connectivity index (χ4v) is 3.53. The van der Waals surface area contributed by atoms with Gasteiger partial charge in [-0.15, -0.1) is 0 Å². The fourth-order valence-electron chi connectivity index (χ4n) is 3.53. The molecule has 0 aromatic rings. The number of rotatable bonds is 8. The zero-order chi connectivity index (χ0) is 12.8. The van der Waals surface area contributed by atoms with Crippen molar-refractivity contribution < 1.29 is 0 Å². The minimum absolute atomic E-state index is 0.494. The van der Waals surface area contributed by atoms with Gasteiger partial charge in [0.25, 0.3) is 0 Å². The fraction of sp³-hybridized carbons (Fsp3) is 1.00. The lowest BCUT2D eigenvalue weighted by molar-refractivity contribution is 0.144. The average Bonchev–Trinajstić information content (AvgIpc) is 3.21. The molecule has 2 nitrogen and oxygen atoms in total. The van der Waals surface area contributed by atoms with Crippen molar-refractivity contribution in [2.75, 3.05) is 26.2 Å². The second-order valence-electron chi connectivity index (χ2n) is 6.76. The summed E-state index contributed by atoms with van der Waals surface area (Å²) in [6, 6.07) is 0. The molecule has 0 bridgehead atoms. The van der Waals surface area contributed by atoms with Crippen molar-refractivity contribution in [3.05, 3.63) is 0 Å². The molecule has 2 N–H and O–H groups in total. The van der Waals surface area contributed by atoms with Gasteiger partial charge in [-0.2, -0.15) is 0 Å². The van der Waals surface area contributed by atoms with Gasteiger partial charge in [-0.25, -0.2) is 0 Å². The molecule has 2 rings (SSSR count). The maximum atomic E-state index is 6.09. The van der Waals surface area contributed by atoms with Crippen LogP contribution in [0.15, 0.2) is 0 Å². The van der Waals surface area contributed by atoms with Crippen LogP contribution in [0.2, 0.25) is 0 Å². The van der Waals surface area contributed by atoms with Crippen LogP contribution in [-0.4, -0.2) is 31.1 Å². The molecule has 2 saturated carbocycles. The second kappa shape index (κ2) is 6.91. The molecule has 0 saturated heterocycles. The predicted molar refractivity (Wildman–Crippen MR) is 78.6 cm³/mol. The lowest BCUT2D eigenvalue weighted by Gasteiger charge is -2.38. The van der Waals surface area contributed by atoms with Crippen LogP contribution in [0.4, 0.5) is 0 Å². The lowest BCUT2D eigenvalue weighted by atomic mass is 9.72. The van der Waals surface area contributed by atoms with Crippen molar-refractivity contribution in [1.29, 1.82) is 0 Å². The van der Waals surface area contributed by atoms with Gasteiger partial charge in [0.2, 0.25) is 0 Å². The largest absolute Gasteiger partial charge is 0.330 e. The highest BCUT2D eigenvalue weighted by Crippen LogP contribution is 2.39. The normalized spacial score (nSPS) is 23.5. The Morgan fingerprint density at radius 3 is 2.39 bits per heavy atom. The van der Waals surface area contributed by atoms with Crippen LogP contribution in [0.25, 0.3) is 0 Å². The molecule has 0 aliphatic heterocycles. The van der Waals surface area contributed by atoms with Gasteiger partial charge < -0.3 is 10.6 Å². The van der Waals surface area contributed by atoms with Crippen LogP contribution in [0.3, 0.4) is 0 Å². The summed E-state index contributed by atoms with van der Waals surface area (Å²) in [7, 11) is 0. The number of hydrogen-bond acceptors (Lipinski definition) is 2. The Labute approximate surface area is 113 Å². The first-order valence-electron chi connectivity index (χ1n) is 8.20. The van der Waals surface area contributed by atoms with E-state index in [2.05, 4.69) is 11.8 Å². The van der Waals surface area contributed by atoms with Gasteiger partial charge in [0, 0.05) is 6.54 Å². The summed E-state index contributed by atoms with van der Waals surface area (Å²) in [5.41, 5.74) is 6.59. The van der Waals surface area contributed by atoms with Crippen LogP contribution in [0.1, 0.15) is 64.7 Å². The maximum Gasteiger partial charge on any atom is 0.000966 e. The lowest BCUT2D eigenvalue weighted by Crippen LogP contribution is -2.38. The van der Waals surface area contributed by atoms with Crippen molar-refractivity contribution in [3.8, 4) is 0 Å². The molecular weight excluding hydrogens is 220 g/mol. The summed E-state index contributed by atoms with van der Waals surface area (Å²) in [5.74, 6) is 1.02. The molecule has 0 aromatic carbocycles. The van der Waals surface area contributed by atoms with E-state index in [1.54, 1.807) is 0 Å². The highest BCUT2D eigenvalue weighted by Gasteiger charge is 2.31. The van der Waals surface area contributed by atoms with Crippen molar-refractivity contribution in [2.24, 2.45) is 17.1 Å². The third-order valence-corrected chi connectivity index (χ3v) is 5.06. The Morgan fingerprint density at radius 1 is 1.11 bits per heavy atom. The molecule has 0 amide bonds. The predicted octanol–water partition coefficient (Wildman–Crippen LogP) is 3.41. The van der Waals surface area contributed by atoms with Crippen LogP contribution < -0.4 is 5.73 Å². The van der Waals surface area contributed by atoms with Gasteiger partial charge in [0.05, 0.1) is 0 Å². The van der Waals surface area contributed by atoms with E-state index in [9.17, 15) is 0 Å². The Kier molecular flexibility index (Phi) is 5.50. The molecular formula is C16H32N2. The molecule has 2 fully saturated rings. The Hall–Kier alpha value is -0.0800. The average molecular weight is 252 g/mol. The summed E-state index contributed by atoms with van der Waals surface area (Å²) in [4.78, 5) is 2.71. The van der Waals surface area contributed by atoms with E-state index in [0.29, 0.717) is 5.41 Å². The molecule has 18 heavy (non-hydrogen) atoms. The first-order valence-corrected chi connectivity index (χ1v) is 8.20. The van der Waals surface area contributed by atoms with E-state index in [1.807, 2.05) is 0 Å². The van der Waals surface area contributed by atoms with Gasteiger partial charge in [-0.3, -0.25) is 0 Å². The second-order valence-corrected chi connectivity index (χ2v) is 6.76. The van der Waals surface area contributed by atoms with Crippen molar-refractivity contribution >= 4 is 0 Å². The Bertz CT molecular complexity index is 229. The Morgan fingerprint density at radius 2 is 1.83 bits per heavy atom. The smallest absolute Gasteiger partial charge is 0.000966 e. The molecule has 2 aliphatic carbocycles. The summed E-state index contributed by atoms with van der Waals surface area (Å²) >= 11 is 0. The van der Waals surface area contributed by atoms with Crippen molar-refractivity contribution in [2.45, 2.75) is 64.7 Å². The molecule has 0 unspecified atom stereocenters. The number of nitrogens with zero attached hydrogens (tertiary/aromatic N) is 1. The van der Waals surface area contributed by atoms with Crippen molar-refractivity contribution in [3.63, 3.8) is 0 Å². The first-order chi connectivity index (χ1) is 8.78. The highest BCUT2D eigenvalue weighted by atomic mass is 15.1. The minimum atomic E-state index is 0.494. The van der Waals surface area contributed by atoms with Crippen LogP contribution >= 0.6 is 0 Å². The van der Waals surface area contributed by atoms with Crippen LogP contribution in [0, 0.1) is 11.3 Å². The summed E-state index contributed by atoms with van der Waals surface area (Å²) in [6.45, 7) is 7.16. The zero-order valence-electron chi connectivity index (χ0n) is 12.3. The van der Waals surface area contributed by atoms with E-state index in [0.717, 1.165) is 12.5 Å². The summed E-state index contributed by atoms with van der Waals surface area (Å²) in [6.07, 6.45) is 12.6. The van der Waals surface area contributed by atoms with Gasteiger partial charge in [0.15, 0.2) is 0 Å². The molecule has 0 heterocycles. The van der Waals surface area contributed by atoms with E-state index < -0.39 is 0 Å². The van der Waals surface area contributed by atoms with Gasteiger partial charge in [-0.1, -0.05) is 26.2 Å². The SMILES string of the molecule is CCCN(CCC1(CN)CCCCC1)CC1CC1. The number of nitrogens with two attached hydrogens (primary N) is 1. The standard InChI is InChI=1S/C16H32N2/c1-2-11-18(13-15-6-7-15)12-10-16(14-17)8-4-3-5-9-16/h15H,2-14,17H2,1H3. The van der Waals surface area contributed by atoms with Crippen LogP contribution in [-0.2, 0) is 0 Å². The van der Waals surface area contributed by atoms with Gasteiger partial charge in [0.1, 0.15) is 0 Å². The highest BCUT2D eigenvalue weighted by molar-refractivity contribution is 4.85.